The van der Waals surface area contributed by atoms with Gasteiger partial charge in [-0.3, -0.25) is 9.69 Å². The Balaban J connectivity index is 2.24. The number of carbonyl (C=O) groups is 1. The van der Waals surface area contributed by atoms with Crippen LogP contribution in [-0.2, 0) is 4.79 Å². The van der Waals surface area contributed by atoms with Crippen LogP contribution in [0.2, 0.25) is 4.34 Å². The van der Waals surface area contributed by atoms with Crippen LogP contribution < -0.4 is 4.90 Å². The molecule has 90 valence electrons. The number of amides is 1. The largest absolute Gasteiger partial charge is 0.291 e. The lowest BCUT2D eigenvalue weighted by Crippen LogP contribution is -2.24. The summed E-state index contributed by atoms with van der Waals surface area (Å²) in [6.07, 6.45) is 0.482. The van der Waals surface area contributed by atoms with Crippen LogP contribution in [0.4, 0.5) is 5.13 Å². The first kappa shape index (κ1) is 12.5. The molecule has 0 bridgehead atoms. The van der Waals surface area contributed by atoms with E-state index >= 15 is 0 Å². The van der Waals surface area contributed by atoms with Gasteiger partial charge in [0.25, 0.3) is 0 Å². The summed E-state index contributed by atoms with van der Waals surface area (Å²) in [5.74, 6) is 0.0649. The van der Waals surface area contributed by atoms with Crippen molar-refractivity contribution >= 4 is 45.3 Å². The van der Waals surface area contributed by atoms with Crippen LogP contribution in [0, 0.1) is 0 Å². The molecule has 2 heterocycles. The topological polar surface area (TPSA) is 33.2 Å². The van der Waals surface area contributed by atoms with Crippen LogP contribution in [0.25, 0.3) is 10.6 Å². The summed E-state index contributed by atoms with van der Waals surface area (Å²) in [4.78, 5) is 18.6. The fourth-order valence-corrected chi connectivity index (χ4v) is 3.21. The number of hydrogen-bond acceptors (Lipinski definition) is 4. The third kappa shape index (κ3) is 2.68. The number of hydrogen-bond donors (Lipinski definition) is 0. The molecule has 3 nitrogen and oxygen atoms in total. The predicted octanol–water partition coefficient (Wildman–Crippen LogP) is 3.90. The van der Waals surface area contributed by atoms with Crippen molar-refractivity contribution in [2.75, 3.05) is 11.9 Å². The van der Waals surface area contributed by atoms with Crippen LogP contribution in [0.1, 0.15) is 13.3 Å². The van der Waals surface area contributed by atoms with Gasteiger partial charge in [0, 0.05) is 18.8 Å². The first-order valence-corrected chi connectivity index (χ1v) is 7.17. The molecular formula is C11H11ClN2OS2. The van der Waals surface area contributed by atoms with E-state index in [1.165, 1.54) is 22.7 Å². The van der Waals surface area contributed by atoms with Crippen LogP contribution in [-0.4, -0.2) is 17.9 Å². The van der Waals surface area contributed by atoms with E-state index in [0.29, 0.717) is 6.42 Å². The van der Waals surface area contributed by atoms with Crippen molar-refractivity contribution in [1.82, 2.24) is 4.98 Å². The smallest absolute Gasteiger partial charge is 0.228 e. The normalized spacial score (nSPS) is 10.5. The van der Waals surface area contributed by atoms with Crippen molar-refractivity contribution in [1.29, 1.82) is 0 Å². The molecule has 0 aliphatic heterocycles. The third-order valence-corrected chi connectivity index (χ3v) is 4.45. The van der Waals surface area contributed by atoms with E-state index in [1.54, 1.807) is 11.9 Å². The molecule has 6 heteroatoms. The first-order chi connectivity index (χ1) is 8.11. The van der Waals surface area contributed by atoms with E-state index in [9.17, 15) is 4.79 Å². The van der Waals surface area contributed by atoms with E-state index in [1.807, 2.05) is 24.4 Å². The molecule has 0 saturated heterocycles. The highest BCUT2D eigenvalue weighted by atomic mass is 35.5. The van der Waals surface area contributed by atoms with E-state index in [4.69, 9.17) is 11.6 Å². The Bertz CT molecular complexity index is 535. The van der Waals surface area contributed by atoms with Gasteiger partial charge in [0.1, 0.15) is 0 Å². The molecule has 1 amide bonds. The second-order valence-corrected chi connectivity index (χ2v) is 5.98. The zero-order valence-corrected chi connectivity index (χ0v) is 11.8. The first-order valence-electron chi connectivity index (χ1n) is 5.09. The highest BCUT2D eigenvalue weighted by Gasteiger charge is 2.14. The summed E-state index contributed by atoms with van der Waals surface area (Å²) < 4.78 is 0.743. The quantitative estimate of drug-likeness (QED) is 0.857. The maximum absolute atomic E-state index is 11.5. The average molecular weight is 287 g/mol. The van der Waals surface area contributed by atoms with Gasteiger partial charge in [-0.05, 0) is 12.1 Å². The molecule has 2 aromatic heterocycles. The maximum atomic E-state index is 11.5. The van der Waals surface area contributed by atoms with Gasteiger partial charge >= 0.3 is 0 Å². The number of nitrogens with zero attached hydrogens (tertiary/aromatic N) is 2. The molecule has 0 atom stereocenters. The summed E-state index contributed by atoms with van der Waals surface area (Å²) in [5, 5.41) is 2.66. The minimum Gasteiger partial charge on any atom is -0.291 e. The SMILES string of the molecule is CCC(=O)N(C)c1nc(-c2ccc(Cl)s2)cs1. The number of aromatic nitrogens is 1. The van der Waals surface area contributed by atoms with Gasteiger partial charge in [-0.15, -0.1) is 22.7 Å². The number of rotatable bonds is 3. The predicted molar refractivity (Wildman–Crippen MR) is 74.1 cm³/mol. The van der Waals surface area contributed by atoms with E-state index in [2.05, 4.69) is 4.98 Å². The zero-order valence-electron chi connectivity index (χ0n) is 9.44. The Kier molecular flexibility index (Phi) is 3.81. The zero-order chi connectivity index (χ0) is 12.4. The van der Waals surface area contributed by atoms with E-state index in [-0.39, 0.29) is 5.91 Å². The number of halogens is 1. The fraction of sp³-hybridized carbons (Fsp3) is 0.273. The Labute approximate surface area is 113 Å². The van der Waals surface area contributed by atoms with Crippen LogP contribution in [0.15, 0.2) is 17.5 Å². The average Bonchev–Trinajstić information content (AvgIpc) is 2.95. The number of thiazole rings is 1. The second kappa shape index (κ2) is 5.16. The Hall–Kier alpha value is -0.910. The maximum Gasteiger partial charge on any atom is 0.228 e. The highest BCUT2D eigenvalue weighted by molar-refractivity contribution is 7.20. The number of carbonyl (C=O) groups excluding carboxylic acids is 1. The summed E-state index contributed by atoms with van der Waals surface area (Å²) in [6.45, 7) is 1.84. The molecule has 0 N–H and O–H groups in total. The molecule has 0 fully saturated rings. The van der Waals surface area contributed by atoms with E-state index < -0.39 is 0 Å². The second-order valence-electron chi connectivity index (χ2n) is 3.43. The van der Waals surface area contributed by atoms with Crippen LogP contribution >= 0.6 is 34.3 Å². The molecule has 2 aromatic rings. The van der Waals surface area contributed by atoms with Gasteiger partial charge in [-0.25, -0.2) is 4.98 Å². The van der Waals surface area contributed by atoms with E-state index in [0.717, 1.165) is 20.0 Å². The molecule has 0 saturated carbocycles. The van der Waals surface area contributed by atoms with Crippen LogP contribution in [0.3, 0.4) is 0 Å². The molecule has 2 rings (SSSR count). The molecule has 0 unspecified atom stereocenters. The van der Waals surface area contributed by atoms with Crippen molar-refractivity contribution in [3.05, 3.63) is 21.8 Å². The van der Waals surface area contributed by atoms with Gasteiger partial charge in [-0.1, -0.05) is 18.5 Å². The van der Waals surface area contributed by atoms with Crippen molar-refractivity contribution in [2.24, 2.45) is 0 Å². The van der Waals surface area contributed by atoms with Crippen LogP contribution in [0.5, 0.6) is 0 Å². The lowest BCUT2D eigenvalue weighted by molar-refractivity contribution is -0.118. The highest BCUT2D eigenvalue weighted by Crippen LogP contribution is 2.33. The Morgan fingerprint density at radius 1 is 1.53 bits per heavy atom. The van der Waals surface area contributed by atoms with Gasteiger partial charge in [0.15, 0.2) is 5.13 Å². The summed E-state index contributed by atoms with van der Waals surface area (Å²) in [5.41, 5.74) is 0.873. The molecular weight excluding hydrogens is 276 g/mol. The van der Waals surface area contributed by atoms with Crippen molar-refractivity contribution < 1.29 is 4.79 Å². The number of thiophene rings is 1. The lowest BCUT2D eigenvalue weighted by Gasteiger charge is -2.11. The minimum atomic E-state index is 0.0649. The van der Waals surface area contributed by atoms with Crippen molar-refractivity contribution in [3.63, 3.8) is 0 Å². The van der Waals surface area contributed by atoms with Gasteiger partial charge in [0.2, 0.25) is 5.91 Å². The fourth-order valence-electron chi connectivity index (χ4n) is 1.33. The van der Waals surface area contributed by atoms with Gasteiger partial charge in [0.05, 0.1) is 14.9 Å². The van der Waals surface area contributed by atoms with Gasteiger partial charge < -0.3 is 0 Å². The Morgan fingerprint density at radius 3 is 2.88 bits per heavy atom. The third-order valence-electron chi connectivity index (χ3n) is 2.28. The standard InChI is InChI=1S/C11H11ClN2OS2/c1-3-10(15)14(2)11-13-7(6-16-11)8-4-5-9(12)17-8/h4-6H,3H2,1-2H3. The summed E-state index contributed by atoms with van der Waals surface area (Å²) in [6, 6.07) is 3.79. The summed E-state index contributed by atoms with van der Waals surface area (Å²) in [7, 11) is 1.75. The lowest BCUT2D eigenvalue weighted by atomic mass is 10.4. The molecule has 17 heavy (non-hydrogen) atoms. The Morgan fingerprint density at radius 2 is 2.29 bits per heavy atom. The van der Waals surface area contributed by atoms with Crippen molar-refractivity contribution in [2.45, 2.75) is 13.3 Å². The molecule has 0 radical (unpaired) electrons. The minimum absolute atomic E-state index is 0.0649. The van der Waals surface area contributed by atoms with Crippen molar-refractivity contribution in [3.8, 4) is 10.6 Å². The number of anilines is 1. The molecule has 0 spiro atoms. The monoisotopic (exact) mass is 286 g/mol. The molecule has 0 aliphatic rings. The van der Waals surface area contributed by atoms with Gasteiger partial charge in [-0.2, -0.15) is 0 Å². The molecule has 0 aromatic carbocycles. The summed E-state index contributed by atoms with van der Waals surface area (Å²) >= 11 is 8.83. The molecule has 0 aliphatic carbocycles.